The molecular formula is C26H37N3O3. The van der Waals surface area contributed by atoms with Crippen LogP contribution in [-0.2, 0) is 27.2 Å². The van der Waals surface area contributed by atoms with Crippen molar-refractivity contribution in [3.8, 4) is 0 Å². The van der Waals surface area contributed by atoms with Crippen LogP contribution < -0.4 is 10.6 Å². The summed E-state index contributed by atoms with van der Waals surface area (Å²) in [6.07, 6.45) is 10.4. The maximum Gasteiger partial charge on any atom is 0.249 e. The lowest BCUT2D eigenvalue weighted by molar-refractivity contribution is -0.137. The number of hydrogen-bond acceptors (Lipinski definition) is 4. The molecule has 0 radical (unpaired) electrons. The summed E-state index contributed by atoms with van der Waals surface area (Å²) in [5.41, 5.74) is 3.68. The van der Waals surface area contributed by atoms with Crippen LogP contribution in [0.3, 0.4) is 0 Å². The number of likely N-dealkylation sites (N-methyl/N-ethyl adjacent to an activating group) is 1. The highest BCUT2D eigenvalue weighted by Gasteiger charge is 2.36. The smallest absolute Gasteiger partial charge is 0.249 e. The lowest BCUT2D eigenvalue weighted by Crippen LogP contribution is -2.55. The van der Waals surface area contributed by atoms with Crippen molar-refractivity contribution in [1.82, 2.24) is 15.5 Å². The van der Waals surface area contributed by atoms with Gasteiger partial charge in [0, 0.05) is 12.2 Å². The molecule has 0 unspecified atom stereocenters. The third-order valence-corrected chi connectivity index (χ3v) is 7.34. The Balaban J connectivity index is 1.39. The number of ether oxygens (including phenoxy) is 1. The molecule has 0 spiro atoms. The number of nitrogens with one attached hydrogen (secondary N) is 2. The molecule has 4 rings (SSSR count). The van der Waals surface area contributed by atoms with Crippen molar-refractivity contribution < 1.29 is 14.3 Å². The quantitative estimate of drug-likeness (QED) is 0.653. The van der Waals surface area contributed by atoms with E-state index in [0.717, 1.165) is 50.6 Å². The molecule has 1 aliphatic heterocycles. The highest BCUT2D eigenvalue weighted by atomic mass is 16.5. The van der Waals surface area contributed by atoms with E-state index in [1.54, 1.807) is 7.05 Å². The fourth-order valence-corrected chi connectivity index (χ4v) is 5.27. The molecule has 0 bridgehead atoms. The number of carbonyl (C=O) groups is 2. The van der Waals surface area contributed by atoms with E-state index in [0.29, 0.717) is 13.2 Å². The van der Waals surface area contributed by atoms with E-state index in [2.05, 4.69) is 41.0 Å². The van der Waals surface area contributed by atoms with Crippen LogP contribution in [0, 0.1) is 5.92 Å². The molecule has 1 heterocycles. The number of hydrogen-bond donors (Lipinski definition) is 2. The Morgan fingerprint density at radius 2 is 1.81 bits per heavy atom. The Labute approximate surface area is 191 Å². The van der Waals surface area contributed by atoms with E-state index in [9.17, 15) is 9.59 Å². The first-order valence-electron chi connectivity index (χ1n) is 12.2. The summed E-state index contributed by atoms with van der Waals surface area (Å²) in [5, 5.41) is 6.06. The standard InChI is InChI=1S/C26H37N3O3/c1-18(27-2)25(30)28-24(19-9-4-3-5-10-19)26(31)29-14-8-13-22(29)17-32-23-15-20-11-6-7-12-21(20)16-23/h6-7,11-13,18-19,23-24,27H,3-5,8-10,14-17H2,1-2H3,(H,28,30)/t18-,24-/m0/s1. The highest BCUT2D eigenvalue weighted by Crippen LogP contribution is 2.30. The van der Waals surface area contributed by atoms with Crippen LogP contribution in [0.5, 0.6) is 0 Å². The summed E-state index contributed by atoms with van der Waals surface area (Å²) in [7, 11) is 1.77. The zero-order chi connectivity index (χ0) is 22.5. The van der Waals surface area contributed by atoms with E-state index in [-0.39, 0.29) is 29.9 Å². The van der Waals surface area contributed by atoms with Crippen molar-refractivity contribution >= 4 is 11.8 Å². The van der Waals surface area contributed by atoms with Gasteiger partial charge in [0.05, 0.1) is 18.8 Å². The molecule has 1 aromatic rings. The van der Waals surface area contributed by atoms with Crippen LogP contribution in [0.15, 0.2) is 36.0 Å². The Kier molecular flexibility index (Phi) is 7.63. The van der Waals surface area contributed by atoms with Crippen LogP contribution in [0.2, 0.25) is 0 Å². The van der Waals surface area contributed by atoms with Gasteiger partial charge in [-0.15, -0.1) is 0 Å². The normalized spacial score (nSPS) is 21.2. The minimum Gasteiger partial charge on any atom is -0.371 e. The number of benzene rings is 1. The Bertz CT molecular complexity index is 821. The Hall–Kier alpha value is -2.18. The van der Waals surface area contributed by atoms with Gasteiger partial charge in [0.1, 0.15) is 6.04 Å². The number of amides is 2. The first-order valence-corrected chi connectivity index (χ1v) is 12.2. The van der Waals surface area contributed by atoms with E-state index in [1.165, 1.54) is 17.5 Å². The maximum absolute atomic E-state index is 13.7. The Morgan fingerprint density at radius 3 is 2.47 bits per heavy atom. The average molecular weight is 440 g/mol. The third kappa shape index (κ3) is 5.24. The van der Waals surface area contributed by atoms with E-state index < -0.39 is 6.04 Å². The van der Waals surface area contributed by atoms with E-state index in [4.69, 9.17) is 4.74 Å². The average Bonchev–Trinajstić information content (AvgIpc) is 3.47. The molecule has 2 N–H and O–H groups in total. The first-order chi connectivity index (χ1) is 15.6. The van der Waals surface area contributed by atoms with Gasteiger partial charge in [0.25, 0.3) is 0 Å². The number of carbonyl (C=O) groups excluding carboxylic acids is 2. The fraction of sp³-hybridized carbons (Fsp3) is 0.615. The SMILES string of the molecule is CN[C@@H](C)C(=O)N[C@H](C(=O)N1CCC=C1COC1Cc2ccccc2C1)C1CCCCC1. The number of nitrogens with zero attached hydrogens (tertiary/aromatic N) is 1. The second-order valence-corrected chi connectivity index (χ2v) is 9.48. The predicted molar refractivity (Wildman–Crippen MR) is 125 cm³/mol. The molecule has 1 fully saturated rings. The van der Waals surface area contributed by atoms with Gasteiger partial charge in [-0.25, -0.2) is 0 Å². The number of rotatable bonds is 8. The molecule has 174 valence electrons. The second kappa shape index (κ2) is 10.6. The maximum atomic E-state index is 13.7. The zero-order valence-corrected chi connectivity index (χ0v) is 19.4. The van der Waals surface area contributed by atoms with Crippen LogP contribution >= 0.6 is 0 Å². The van der Waals surface area contributed by atoms with Crippen LogP contribution in [0.1, 0.15) is 56.6 Å². The summed E-state index contributed by atoms with van der Waals surface area (Å²) >= 11 is 0. The van der Waals surface area contributed by atoms with Gasteiger partial charge >= 0.3 is 0 Å². The molecule has 6 heteroatoms. The topological polar surface area (TPSA) is 70.7 Å². The monoisotopic (exact) mass is 439 g/mol. The molecule has 1 aromatic carbocycles. The number of fused-ring (bicyclic) bond motifs is 1. The molecule has 1 saturated carbocycles. The molecular weight excluding hydrogens is 402 g/mol. The zero-order valence-electron chi connectivity index (χ0n) is 19.4. The van der Waals surface area contributed by atoms with Crippen molar-refractivity contribution in [3.05, 3.63) is 47.2 Å². The van der Waals surface area contributed by atoms with Gasteiger partial charge in [-0.3, -0.25) is 9.59 Å². The minimum absolute atomic E-state index is 0.0237. The van der Waals surface area contributed by atoms with Gasteiger partial charge in [-0.1, -0.05) is 49.6 Å². The molecule has 32 heavy (non-hydrogen) atoms. The summed E-state index contributed by atoms with van der Waals surface area (Å²) in [6, 6.07) is 7.72. The molecule has 6 nitrogen and oxygen atoms in total. The minimum atomic E-state index is -0.462. The van der Waals surface area contributed by atoms with Crippen molar-refractivity contribution in [2.75, 3.05) is 20.2 Å². The summed E-state index contributed by atoms with van der Waals surface area (Å²) in [6.45, 7) is 2.94. The van der Waals surface area contributed by atoms with Gasteiger partial charge in [0.15, 0.2) is 0 Å². The Morgan fingerprint density at radius 1 is 1.12 bits per heavy atom. The summed E-state index contributed by atoms with van der Waals surface area (Å²) in [5.74, 6) is 0.119. The molecule has 2 aliphatic carbocycles. The molecule has 0 saturated heterocycles. The van der Waals surface area contributed by atoms with Crippen molar-refractivity contribution in [2.24, 2.45) is 5.92 Å². The third-order valence-electron chi connectivity index (χ3n) is 7.34. The molecule has 0 aromatic heterocycles. The van der Waals surface area contributed by atoms with Gasteiger partial charge in [-0.2, -0.15) is 0 Å². The molecule has 3 aliphatic rings. The fourth-order valence-electron chi connectivity index (χ4n) is 5.27. The van der Waals surface area contributed by atoms with Crippen molar-refractivity contribution in [3.63, 3.8) is 0 Å². The van der Waals surface area contributed by atoms with Crippen LogP contribution in [0.25, 0.3) is 0 Å². The lowest BCUT2D eigenvalue weighted by atomic mass is 9.83. The predicted octanol–water partition coefficient (Wildman–Crippen LogP) is 2.96. The van der Waals surface area contributed by atoms with Crippen molar-refractivity contribution in [2.45, 2.75) is 76.5 Å². The van der Waals surface area contributed by atoms with Gasteiger partial charge < -0.3 is 20.3 Å². The largest absolute Gasteiger partial charge is 0.371 e. The second-order valence-electron chi connectivity index (χ2n) is 9.48. The van der Waals surface area contributed by atoms with E-state index in [1.807, 2.05) is 11.8 Å². The van der Waals surface area contributed by atoms with Gasteiger partial charge in [0.2, 0.25) is 11.8 Å². The molecule has 2 atom stereocenters. The first kappa shape index (κ1) is 23.0. The summed E-state index contributed by atoms with van der Waals surface area (Å²) < 4.78 is 6.25. The van der Waals surface area contributed by atoms with Crippen LogP contribution in [0.4, 0.5) is 0 Å². The lowest BCUT2D eigenvalue weighted by Gasteiger charge is -2.34. The summed E-state index contributed by atoms with van der Waals surface area (Å²) in [4.78, 5) is 28.2. The van der Waals surface area contributed by atoms with Crippen LogP contribution in [-0.4, -0.2) is 55.1 Å². The van der Waals surface area contributed by atoms with E-state index >= 15 is 0 Å². The van der Waals surface area contributed by atoms with Crippen molar-refractivity contribution in [1.29, 1.82) is 0 Å². The highest BCUT2D eigenvalue weighted by molar-refractivity contribution is 5.90. The molecule has 2 amide bonds. The van der Waals surface area contributed by atoms with Gasteiger partial charge in [-0.05, 0) is 63.1 Å².